The number of hydrogen-bond donors (Lipinski definition) is 0. The largest absolute Gasteiger partial charge is 0.481 e. The van der Waals surface area contributed by atoms with Gasteiger partial charge in [0.1, 0.15) is 12.4 Å². The number of nitrogens with zero attached hydrogens (tertiary/aromatic N) is 1. The first kappa shape index (κ1) is 21.3. The normalized spacial score (nSPS) is 17.2. The maximum atomic E-state index is 12.8. The van der Waals surface area contributed by atoms with Crippen LogP contribution in [-0.2, 0) is 37.5 Å². The predicted octanol–water partition coefficient (Wildman–Crippen LogP) is 3.41. The third kappa shape index (κ3) is 5.11. The summed E-state index contributed by atoms with van der Waals surface area (Å²) >= 11 is 3.19. The van der Waals surface area contributed by atoms with E-state index in [0.29, 0.717) is 23.4 Å². The Morgan fingerprint density at radius 1 is 1.54 bits per heavy atom. The third-order valence-corrected chi connectivity index (χ3v) is 4.06. The Morgan fingerprint density at radius 2 is 2.25 bits per heavy atom. The number of aryl methyl sites for hydroxylation is 1. The Bertz CT molecular complexity index is 673. The molecule has 0 saturated heterocycles. The van der Waals surface area contributed by atoms with E-state index in [2.05, 4.69) is 27.9 Å². The smallest absolute Gasteiger partial charge is 0.256 e. The molecule has 0 aliphatic carbocycles. The maximum Gasteiger partial charge on any atom is 0.256 e. The minimum atomic E-state index is -2.62. The number of ether oxygens (including phenoxy) is 1. The Labute approximate surface area is 173 Å². The van der Waals surface area contributed by atoms with Crippen LogP contribution in [0.15, 0.2) is 18.2 Å². The van der Waals surface area contributed by atoms with Crippen LogP contribution in [-0.4, -0.2) is 35.2 Å². The maximum absolute atomic E-state index is 12.8. The topological polar surface area (TPSA) is 29.5 Å². The molecule has 3 nitrogen and oxygen atoms in total. The average Bonchev–Trinajstić information content (AvgIpc) is 2.50. The van der Waals surface area contributed by atoms with E-state index >= 15 is 0 Å². The number of rotatable bonds is 5. The molecule has 0 aromatic heterocycles. The Morgan fingerprint density at radius 3 is 2.83 bits per heavy atom. The van der Waals surface area contributed by atoms with Crippen LogP contribution in [0, 0.1) is 25.3 Å². The summed E-state index contributed by atoms with van der Waals surface area (Å²) in [5, 5.41) is 0. The second kappa shape index (κ2) is 9.65. The van der Waals surface area contributed by atoms with Crippen molar-refractivity contribution in [1.29, 1.82) is 0 Å². The van der Waals surface area contributed by atoms with Gasteiger partial charge in [-0.25, -0.2) is 14.9 Å². The molecule has 1 aliphatic heterocycles. The van der Waals surface area contributed by atoms with Crippen LogP contribution >= 0.6 is 15.9 Å². The van der Waals surface area contributed by atoms with E-state index in [1.807, 2.05) is 6.92 Å². The molecule has 1 atom stereocenters. The quantitative estimate of drug-likeness (QED) is 0.374. The first-order chi connectivity index (χ1) is 10.9. The van der Waals surface area contributed by atoms with Gasteiger partial charge in [0.05, 0.1) is 11.4 Å². The minimum absolute atomic E-state index is 0. The van der Waals surface area contributed by atoms with Crippen LogP contribution in [0.1, 0.15) is 17.5 Å². The Hall–Kier alpha value is -0.766. The van der Waals surface area contributed by atoms with E-state index in [4.69, 9.17) is 11.2 Å². The van der Waals surface area contributed by atoms with Gasteiger partial charge in [-0.3, -0.25) is 4.79 Å². The SMILES string of the molecule is C#CCOc1ccc(C2=[C-]CC(Br)C(=O)N2CC(F)F)c(C)c1.[Y]. The molecular formula is C17H15BrF2NO2Y-. The van der Waals surface area contributed by atoms with Crippen molar-refractivity contribution in [2.45, 2.75) is 24.6 Å². The molecule has 125 valence electrons. The predicted molar refractivity (Wildman–Crippen MR) is 87.2 cm³/mol. The third-order valence-electron chi connectivity index (χ3n) is 3.35. The average molecular weight is 472 g/mol. The van der Waals surface area contributed by atoms with Crippen molar-refractivity contribution in [2.24, 2.45) is 0 Å². The zero-order valence-electron chi connectivity index (χ0n) is 13.1. The van der Waals surface area contributed by atoms with Crippen molar-refractivity contribution in [3.63, 3.8) is 0 Å². The summed E-state index contributed by atoms with van der Waals surface area (Å²) in [6, 6.07) is 5.18. The number of terminal acetylenes is 1. The molecule has 0 fully saturated rings. The van der Waals surface area contributed by atoms with Gasteiger partial charge in [0.2, 0.25) is 5.91 Å². The number of hydrogen-bond acceptors (Lipinski definition) is 2. The molecule has 1 amide bonds. The van der Waals surface area contributed by atoms with Crippen molar-refractivity contribution in [3.8, 4) is 18.1 Å². The zero-order chi connectivity index (χ0) is 17.0. The summed E-state index contributed by atoms with van der Waals surface area (Å²) in [7, 11) is 0. The Kier molecular flexibility index (Phi) is 8.55. The van der Waals surface area contributed by atoms with Gasteiger partial charge in [0.25, 0.3) is 6.43 Å². The molecular weight excluding hydrogens is 457 g/mol. The molecule has 0 saturated carbocycles. The number of benzene rings is 1. The molecule has 1 heterocycles. The van der Waals surface area contributed by atoms with E-state index in [0.717, 1.165) is 10.5 Å². The number of amides is 1. The number of carbonyl (C=O) groups excluding carboxylic acids is 1. The van der Waals surface area contributed by atoms with Crippen LogP contribution in [0.25, 0.3) is 5.70 Å². The van der Waals surface area contributed by atoms with Gasteiger partial charge in [-0.1, -0.05) is 35.2 Å². The van der Waals surface area contributed by atoms with Gasteiger partial charge in [-0.05, 0) is 12.1 Å². The second-order valence-electron chi connectivity index (χ2n) is 5.01. The van der Waals surface area contributed by atoms with Crippen LogP contribution in [0.4, 0.5) is 8.78 Å². The number of carbonyl (C=O) groups is 1. The van der Waals surface area contributed by atoms with Gasteiger partial charge < -0.3 is 9.64 Å². The summed E-state index contributed by atoms with van der Waals surface area (Å²) in [6.07, 6.45) is 5.91. The van der Waals surface area contributed by atoms with Gasteiger partial charge in [0, 0.05) is 32.7 Å². The van der Waals surface area contributed by atoms with Crippen molar-refractivity contribution in [3.05, 3.63) is 35.4 Å². The monoisotopic (exact) mass is 471 g/mol. The van der Waals surface area contributed by atoms with Gasteiger partial charge in [0.15, 0.2) is 0 Å². The summed E-state index contributed by atoms with van der Waals surface area (Å²) in [5.41, 5.74) is 1.85. The van der Waals surface area contributed by atoms with E-state index in [-0.39, 0.29) is 45.2 Å². The molecule has 7 heteroatoms. The van der Waals surface area contributed by atoms with Crippen LogP contribution in [0.3, 0.4) is 0 Å². The molecule has 0 N–H and O–H groups in total. The molecule has 1 aliphatic rings. The number of allylic oxidation sites excluding steroid dienone is 1. The molecule has 24 heavy (non-hydrogen) atoms. The molecule has 0 bridgehead atoms. The Balaban J connectivity index is 0.00000288. The van der Waals surface area contributed by atoms with E-state index < -0.39 is 17.8 Å². The number of halogens is 3. The fraction of sp³-hybridized carbons (Fsp3) is 0.353. The summed E-state index contributed by atoms with van der Waals surface area (Å²) in [6.45, 7) is 1.31. The minimum Gasteiger partial charge on any atom is -0.481 e. The van der Waals surface area contributed by atoms with Crippen molar-refractivity contribution < 1.29 is 51.0 Å². The first-order valence-electron chi connectivity index (χ1n) is 6.95. The molecule has 1 unspecified atom stereocenters. The summed E-state index contributed by atoms with van der Waals surface area (Å²) < 4.78 is 31.0. The van der Waals surface area contributed by atoms with Crippen LogP contribution in [0.5, 0.6) is 5.75 Å². The van der Waals surface area contributed by atoms with Crippen molar-refractivity contribution >= 4 is 27.5 Å². The molecule has 2 rings (SSSR count). The fourth-order valence-electron chi connectivity index (χ4n) is 2.32. The van der Waals surface area contributed by atoms with Crippen LogP contribution in [0.2, 0.25) is 0 Å². The molecule has 0 spiro atoms. The van der Waals surface area contributed by atoms with Crippen molar-refractivity contribution in [1.82, 2.24) is 4.90 Å². The molecule has 1 aromatic rings. The summed E-state index contributed by atoms with van der Waals surface area (Å²) in [4.78, 5) is 12.8. The van der Waals surface area contributed by atoms with E-state index in [1.54, 1.807) is 18.2 Å². The van der Waals surface area contributed by atoms with Gasteiger partial charge in [-0.2, -0.15) is 0 Å². The molecule has 1 aromatic carbocycles. The van der Waals surface area contributed by atoms with Gasteiger partial charge in [-0.15, -0.1) is 29.3 Å². The van der Waals surface area contributed by atoms with E-state index in [9.17, 15) is 13.6 Å². The number of alkyl halides is 3. The second-order valence-corrected chi connectivity index (χ2v) is 6.11. The molecule has 1 radical (unpaired) electrons. The standard InChI is InChI=1S/C17H15BrF2NO2.Y/c1-3-8-23-12-4-5-13(11(2)9-12)15-7-6-14(18)17(22)21(15)10-16(19)20;/h1,4-5,9,14,16H,6,8,10H2,2H3;/q-1;. The van der Waals surface area contributed by atoms with Crippen molar-refractivity contribution in [2.75, 3.05) is 13.2 Å². The van der Waals surface area contributed by atoms with Gasteiger partial charge >= 0.3 is 0 Å². The fourth-order valence-corrected chi connectivity index (χ4v) is 2.73. The zero-order valence-corrected chi connectivity index (χ0v) is 17.5. The first-order valence-corrected chi connectivity index (χ1v) is 7.87. The van der Waals surface area contributed by atoms with Crippen LogP contribution < -0.4 is 4.74 Å². The van der Waals surface area contributed by atoms with E-state index in [1.165, 1.54) is 0 Å². The summed E-state index contributed by atoms with van der Waals surface area (Å²) in [5.74, 6) is 2.58.